The Balaban J connectivity index is 2.24. The Morgan fingerprint density at radius 1 is 1.50 bits per heavy atom. The second-order valence-electron chi connectivity index (χ2n) is 2.73. The average Bonchev–Trinajstić information content (AvgIpc) is 2.58. The fourth-order valence-corrected chi connectivity index (χ4v) is 2.74. The molecule has 0 atom stereocenters. The summed E-state index contributed by atoms with van der Waals surface area (Å²) >= 11 is 4.99. The fourth-order valence-electron chi connectivity index (χ4n) is 1.33. The van der Waals surface area contributed by atoms with Crippen LogP contribution in [0.25, 0.3) is 0 Å². The number of hydrogen-bond acceptors (Lipinski definition) is 2. The van der Waals surface area contributed by atoms with E-state index in [2.05, 4.69) is 15.9 Å². The van der Waals surface area contributed by atoms with Crippen molar-refractivity contribution in [3.05, 3.63) is 15.9 Å². The predicted octanol–water partition coefficient (Wildman–Crippen LogP) is 2.64. The van der Waals surface area contributed by atoms with Gasteiger partial charge in [0, 0.05) is 13.0 Å². The summed E-state index contributed by atoms with van der Waals surface area (Å²) < 4.78 is 1.08. The monoisotopic (exact) mass is 245 g/mol. The number of carbonyl (C=O) groups is 1. The smallest absolute Gasteiger partial charge is 0.227 e. The SMILES string of the molecule is O=C1CCCN1c1ccc(Br)s1. The molecule has 1 aliphatic rings. The summed E-state index contributed by atoms with van der Waals surface area (Å²) in [5, 5.41) is 1.06. The predicted molar refractivity (Wildman–Crippen MR) is 53.6 cm³/mol. The van der Waals surface area contributed by atoms with Crippen molar-refractivity contribution in [2.75, 3.05) is 11.4 Å². The van der Waals surface area contributed by atoms with Gasteiger partial charge in [-0.2, -0.15) is 0 Å². The number of thiophene rings is 1. The molecule has 0 saturated carbocycles. The minimum Gasteiger partial charge on any atom is -0.304 e. The van der Waals surface area contributed by atoms with Gasteiger partial charge >= 0.3 is 0 Å². The zero-order valence-electron chi connectivity index (χ0n) is 6.42. The van der Waals surface area contributed by atoms with Gasteiger partial charge in [-0.1, -0.05) is 0 Å². The minimum atomic E-state index is 0.254. The standard InChI is InChI=1S/C8H8BrNOS/c9-6-3-4-8(12-6)10-5-1-2-7(10)11/h3-4H,1-2,5H2. The molecule has 0 spiro atoms. The van der Waals surface area contributed by atoms with Gasteiger partial charge in [0.15, 0.2) is 0 Å². The molecular formula is C8H8BrNOS. The Hall–Kier alpha value is -0.350. The third-order valence-corrected chi connectivity index (χ3v) is 3.55. The number of amides is 1. The van der Waals surface area contributed by atoms with Crippen molar-refractivity contribution >= 4 is 38.2 Å². The molecule has 1 aliphatic heterocycles. The summed E-state index contributed by atoms with van der Waals surface area (Å²) in [5.74, 6) is 0.254. The first-order chi connectivity index (χ1) is 5.77. The van der Waals surface area contributed by atoms with Crippen LogP contribution in [-0.4, -0.2) is 12.5 Å². The summed E-state index contributed by atoms with van der Waals surface area (Å²) in [6.45, 7) is 0.881. The maximum Gasteiger partial charge on any atom is 0.227 e. The summed E-state index contributed by atoms with van der Waals surface area (Å²) in [4.78, 5) is 13.2. The van der Waals surface area contributed by atoms with Gasteiger partial charge < -0.3 is 4.90 Å². The summed E-state index contributed by atoms with van der Waals surface area (Å²) in [6, 6.07) is 3.96. The van der Waals surface area contributed by atoms with Crippen molar-refractivity contribution in [3.8, 4) is 0 Å². The first kappa shape index (κ1) is 8.26. The van der Waals surface area contributed by atoms with E-state index in [9.17, 15) is 4.79 Å². The van der Waals surface area contributed by atoms with Gasteiger partial charge in [-0.25, -0.2) is 0 Å². The van der Waals surface area contributed by atoms with Crippen molar-refractivity contribution in [2.24, 2.45) is 0 Å². The maximum absolute atomic E-state index is 11.3. The van der Waals surface area contributed by atoms with Gasteiger partial charge in [0.05, 0.1) is 8.79 Å². The molecule has 2 nitrogen and oxygen atoms in total. The lowest BCUT2D eigenvalue weighted by Gasteiger charge is -2.11. The lowest BCUT2D eigenvalue weighted by Crippen LogP contribution is -2.22. The van der Waals surface area contributed by atoms with E-state index in [1.54, 1.807) is 11.3 Å². The number of nitrogens with zero attached hydrogens (tertiary/aromatic N) is 1. The van der Waals surface area contributed by atoms with Crippen LogP contribution in [0, 0.1) is 0 Å². The highest BCUT2D eigenvalue weighted by molar-refractivity contribution is 9.11. The van der Waals surface area contributed by atoms with Crippen molar-refractivity contribution in [1.29, 1.82) is 0 Å². The Morgan fingerprint density at radius 3 is 2.83 bits per heavy atom. The molecule has 2 heterocycles. The molecule has 1 aromatic heterocycles. The van der Waals surface area contributed by atoms with Crippen LogP contribution < -0.4 is 4.90 Å². The van der Waals surface area contributed by atoms with E-state index in [1.165, 1.54) is 0 Å². The zero-order chi connectivity index (χ0) is 8.55. The van der Waals surface area contributed by atoms with Crippen LogP contribution in [0.5, 0.6) is 0 Å². The Labute approximate surface area is 83.3 Å². The molecule has 0 unspecified atom stereocenters. The third-order valence-electron chi connectivity index (χ3n) is 1.90. The molecule has 64 valence electrons. The molecule has 12 heavy (non-hydrogen) atoms. The fraction of sp³-hybridized carbons (Fsp3) is 0.375. The Bertz CT molecular complexity index is 310. The second-order valence-corrected chi connectivity index (χ2v) is 5.17. The molecule has 2 rings (SSSR count). The van der Waals surface area contributed by atoms with E-state index in [0.29, 0.717) is 6.42 Å². The maximum atomic E-state index is 11.3. The highest BCUT2D eigenvalue weighted by atomic mass is 79.9. The number of anilines is 1. The highest BCUT2D eigenvalue weighted by Gasteiger charge is 2.22. The van der Waals surface area contributed by atoms with Crippen molar-refractivity contribution in [3.63, 3.8) is 0 Å². The number of carbonyl (C=O) groups excluding carboxylic acids is 1. The summed E-state index contributed by atoms with van der Waals surface area (Å²) in [6.07, 6.45) is 1.70. The summed E-state index contributed by atoms with van der Waals surface area (Å²) in [7, 11) is 0. The Morgan fingerprint density at radius 2 is 2.33 bits per heavy atom. The van der Waals surface area contributed by atoms with Crippen LogP contribution in [0.1, 0.15) is 12.8 Å². The molecule has 4 heteroatoms. The quantitative estimate of drug-likeness (QED) is 0.745. The van der Waals surface area contributed by atoms with E-state index in [0.717, 1.165) is 21.8 Å². The molecule has 0 N–H and O–H groups in total. The van der Waals surface area contributed by atoms with Gasteiger partial charge in [-0.3, -0.25) is 4.79 Å². The van der Waals surface area contributed by atoms with Crippen LogP contribution in [0.2, 0.25) is 0 Å². The van der Waals surface area contributed by atoms with Gasteiger partial charge in [-0.05, 0) is 34.5 Å². The number of halogens is 1. The largest absolute Gasteiger partial charge is 0.304 e. The minimum absolute atomic E-state index is 0.254. The van der Waals surface area contributed by atoms with Crippen LogP contribution in [-0.2, 0) is 4.79 Å². The first-order valence-corrected chi connectivity index (χ1v) is 5.44. The van der Waals surface area contributed by atoms with Gasteiger partial charge in [0.2, 0.25) is 5.91 Å². The van der Waals surface area contributed by atoms with Crippen LogP contribution in [0.15, 0.2) is 15.9 Å². The molecule has 1 fully saturated rings. The number of rotatable bonds is 1. The van der Waals surface area contributed by atoms with Crippen molar-refractivity contribution < 1.29 is 4.79 Å². The van der Waals surface area contributed by atoms with E-state index in [1.807, 2.05) is 17.0 Å². The van der Waals surface area contributed by atoms with Gasteiger partial charge in [0.1, 0.15) is 0 Å². The van der Waals surface area contributed by atoms with Crippen LogP contribution in [0.3, 0.4) is 0 Å². The van der Waals surface area contributed by atoms with E-state index >= 15 is 0 Å². The number of hydrogen-bond donors (Lipinski definition) is 0. The van der Waals surface area contributed by atoms with Crippen molar-refractivity contribution in [1.82, 2.24) is 0 Å². The topological polar surface area (TPSA) is 20.3 Å². The van der Waals surface area contributed by atoms with Crippen LogP contribution >= 0.6 is 27.3 Å². The van der Waals surface area contributed by atoms with Gasteiger partial charge in [0.25, 0.3) is 0 Å². The lowest BCUT2D eigenvalue weighted by molar-refractivity contribution is -0.117. The second kappa shape index (κ2) is 3.18. The molecular weight excluding hydrogens is 238 g/mol. The molecule has 1 aromatic rings. The zero-order valence-corrected chi connectivity index (χ0v) is 8.82. The molecule has 0 bridgehead atoms. The third kappa shape index (κ3) is 1.41. The van der Waals surface area contributed by atoms with Crippen molar-refractivity contribution in [2.45, 2.75) is 12.8 Å². The van der Waals surface area contributed by atoms with Crippen LogP contribution in [0.4, 0.5) is 5.00 Å². The molecule has 0 aliphatic carbocycles. The normalized spacial score (nSPS) is 17.4. The van der Waals surface area contributed by atoms with E-state index < -0.39 is 0 Å². The molecule has 0 aromatic carbocycles. The lowest BCUT2D eigenvalue weighted by atomic mass is 10.4. The Kier molecular flexibility index (Phi) is 2.19. The molecule has 1 saturated heterocycles. The molecule has 0 radical (unpaired) electrons. The summed E-state index contributed by atoms with van der Waals surface area (Å²) in [5.41, 5.74) is 0. The molecule has 1 amide bonds. The highest BCUT2D eigenvalue weighted by Crippen LogP contribution is 2.32. The van der Waals surface area contributed by atoms with Gasteiger partial charge in [-0.15, -0.1) is 11.3 Å². The van der Waals surface area contributed by atoms with E-state index in [-0.39, 0.29) is 5.91 Å². The average molecular weight is 246 g/mol. The first-order valence-electron chi connectivity index (χ1n) is 3.83. The van der Waals surface area contributed by atoms with E-state index in [4.69, 9.17) is 0 Å².